The third-order valence-electron chi connectivity index (χ3n) is 2.49. The Balaban J connectivity index is 2.91. The van der Waals surface area contributed by atoms with Crippen molar-refractivity contribution in [3.05, 3.63) is 12.4 Å². The molecule has 9 nitrogen and oxygen atoms in total. The van der Waals surface area contributed by atoms with Crippen LogP contribution in [0.5, 0.6) is 0 Å². The van der Waals surface area contributed by atoms with Gasteiger partial charge < -0.3 is 10.8 Å². The predicted octanol–water partition coefficient (Wildman–Crippen LogP) is -1.15. The van der Waals surface area contributed by atoms with Gasteiger partial charge in [0.1, 0.15) is 4.90 Å². The second-order valence-corrected chi connectivity index (χ2v) is 5.92. The molecule has 1 heterocycles. The predicted molar refractivity (Wildman–Crippen MR) is 68.1 cm³/mol. The van der Waals surface area contributed by atoms with Crippen LogP contribution in [0.3, 0.4) is 0 Å². The van der Waals surface area contributed by atoms with Crippen LogP contribution in [0.2, 0.25) is 0 Å². The van der Waals surface area contributed by atoms with Gasteiger partial charge in [0.2, 0.25) is 15.9 Å². The van der Waals surface area contributed by atoms with Gasteiger partial charge in [0, 0.05) is 12.7 Å². The number of aliphatic carboxylic acids is 1. The number of nitrogens with zero attached hydrogens (tertiary/aromatic N) is 3. The number of likely N-dealkylation sites (N-methyl/N-ethyl adjacent to an activating group) is 1. The second kappa shape index (κ2) is 6.48. The van der Waals surface area contributed by atoms with Crippen molar-refractivity contribution in [3.63, 3.8) is 0 Å². The van der Waals surface area contributed by atoms with E-state index in [9.17, 15) is 18.0 Å². The van der Waals surface area contributed by atoms with E-state index in [0.717, 1.165) is 10.5 Å². The molecule has 0 fully saturated rings. The molecule has 1 aromatic heterocycles. The van der Waals surface area contributed by atoms with E-state index in [2.05, 4.69) is 5.10 Å². The van der Waals surface area contributed by atoms with Crippen molar-refractivity contribution < 1.29 is 23.1 Å². The normalized spacial score (nSPS) is 11.7. The summed E-state index contributed by atoms with van der Waals surface area (Å²) in [5.41, 5.74) is 5.00. The average Bonchev–Trinajstić information content (AvgIpc) is 2.82. The molecular weight excluding hydrogens is 288 g/mol. The number of sulfonamides is 1. The molecule has 112 valence electrons. The third-order valence-corrected chi connectivity index (χ3v) is 4.36. The average molecular weight is 304 g/mol. The van der Waals surface area contributed by atoms with Gasteiger partial charge in [0.05, 0.1) is 25.7 Å². The lowest BCUT2D eigenvalue weighted by Crippen LogP contribution is -2.38. The van der Waals surface area contributed by atoms with Gasteiger partial charge in [-0.2, -0.15) is 9.40 Å². The highest BCUT2D eigenvalue weighted by atomic mass is 32.2. The molecule has 10 heteroatoms. The van der Waals surface area contributed by atoms with E-state index in [1.807, 2.05) is 0 Å². The van der Waals surface area contributed by atoms with Gasteiger partial charge in [-0.25, -0.2) is 8.42 Å². The van der Waals surface area contributed by atoms with Crippen LogP contribution in [0.1, 0.15) is 13.3 Å². The summed E-state index contributed by atoms with van der Waals surface area (Å²) in [5, 5.41) is 12.3. The molecule has 1 rings (SSSR count). The minimum absolute atomic E-state index is 0.0623. The highest BCUT2D eigenvalue weighted by molar-refractivity contribution is 7.89. The van der Waals surface area contributed by atoms with Gasteiger partial charge in [-0.1, -0.05) is 6.92 Å². The van der Waals surface area contributed by atoms with Crippen molar-refractivity contribution in [3.8, 4) is 0 Å². The van der Waals surface area contributed by atoms with Crippen LogP contribution in [0.25, 0.3) is 0 Å². The van der Waals surface area contributed by atoms with Crippen LogP contribution < -0.4 is 5.73 Å². The van der Waals surface area contributed by atoms with Crippen LogP contribution >= 0.6 is 0 Å². The summed E-state index contributed by atoms with van der Waals surface area (Å²) in [6.45, 7) is 1.31. The van der Waals surface area contributed by atoms with Gasteiger partial charge >= 0.3 is 5.97 Å². The standard InChI is InChI=1S/C10H16N4O5S/c1-2-14(7-9(11)15)20(18,19)8-5-12-13(6-8)4-3-10(16)17/h5-6H,2-4,7H2,1H3,(H2,11,15)(H,16,17). The number of nitrogens with two attached hydrogens (primary N) is 1. The number of aryl methyl sites for hydroxylation is 1. The van der Waals surface area contributed by atoms with Crippen molar-refractivity contribution in [2.75, 3.05) is 13.1 Å². The highest BCUT2D eigenvalue weighted by Crippen LogP contribution is 2.14. The molecule has 20 heavy (non-hydrogen) atoms. The topological polar surface area (TPSA) is 136 Å². The SMILES string of the molecule is CCN(CC(N)=O)S(=O)(=O)c1cnn(CCC(=O)O)c1. The van der Waals surface area contributed by atoms with Crippen LogP contribution in [0.15, 0.2) is 17.3 Å². The summed E-state index contributed by atoms with van der Waals surface area (Å²) in [6, 6.07) is 0. The van der Waals surface area contributed by atoms with Gasteiger partial charge in [0.15, 0.2) is 0 Å². The Labute approximate surface area is 116 Å². The van der Waals surface area contributed by atoms with E-state index in [1.54, 1.807) is 6.92 Å². The van der Waals surface area contributed by atoms with E-state index in [0.29, 0.717) is 0 Å². The lowest BCUT2D eigenvalue weighted by molar-refractivity contribution is -0.137. The van der Waals surface area contributed by atoms with Crippen LogP contribution in [0, 0.1) is 0 Å². The van der Waals surface area contributed by atoms with Gasteiger partial charge in [-0.3, -0.25) is 14.3 Å². The minimum atomic E-state index is -3.86. The summed E-state index contributed by atoms with van der Waals surface area (Å²) in [5.74, 6) is -1.76. The molecular formula is C10H16N4O5S. The van der Waals surface area contributed by atoms with Crippen LogP contribution in [0.4, 0.5) is 0 Å². The third kappa shape index (κ3) is 4.03. The van der Waals surface area contributed by atoms with Crippen molar-refractivity contribution >= 4 is 21.9 Å². The molecule has 1 aromatic rings. The first-order valence-electron chi connectivity index (χ1n) is 5.80. The number of carbonyl (C=O) groups excluding carboxylic acids is 1. The summed E-state index contributed by atoms with van der Waals surface area (Å²) < 4.78 is 26.5. The maximum absolute atomic E-state index is 12.2. The fourth-order valence-electron chi connectivity index (χ4n) is 1.50. The number of carbonyl (C=O) groups is 2. The van der Waals surface area contributed by atoms with Crippen molar-refractivity contribution in [1.82, 2.24) is 14.1 Å². The Kier molecular flexibility index (Phi) is 5.22. The quantitative estimate of drug-likeness (QED) is 0.622. The molecule has 0 aliphatic carbocycles. The smallest absolute Gasteiger partial charge is 0.305 e. The maximum Gasteiger partial charge on any atom is 0.305 e. The highest BCUT2D eigenvalue weighted by Gasteiger charge is 2.25. The molecule has 3 N–H and O–H groups in total. The fourth-order valence-corrected chi connectivity index (χ4v) is 2.87. The molecule has 0 aliphatic heterocycles. The molecule has 0 spiro atoms. The van der Waals surface area contributed by atoms with Crippen molar-refractivity contribution in [2.45, 2.75) is 24.8 Å². The largest absolute Gasteiger partial charge is 0.481 e. The van der Waals surface area contributed by atoms with Crippen LogP contribution in [-0.2, 0) is 26.2 Å². The first kappa shape index (κ1) is 16.1. The van der Waals surface area contributed by atoms with Crippen molar-refractivity contribution in [2.24, 2.45) is 5.73 Å². The minimum Gasteiger partial charge on any atom is -0.481 e. The lowest BCUT2D eigenvalue weighted by atomic mass is 10.4. The Bertz CT molecular complexity index is 595. The van der Waals surface area contributed by atoms with E-state index in [-0.39, 0.29) is 24.4 Å². The number of hydrogen-bond acceptors (Lipinski definition) is 5. The molecule has 0 aliphatic rings. The number of primary amides is 1. The number of carboxylic acid groups (broad SMARTS) is 1. The van der Waals surface area contributed by atoms with Crippen molar-refractivity contribution in [1.29, 1.82) is 0 Å². The van der Waals surface area contributed by atoms with Gasteiger partial charge in [0.25, 0.3) is 0 Å². The maximum atomic E-state index is 12.2. The van der Waals surface area contributed by atoms with E-state index >= 15 is 0 Å². The van der Waals surface area contributed by atoms with Crippen LogP contribution in [-0.4, -0.2) is 52.6 Å². The summed E-state index contributed by atoms with van der Waals surface area (Å²) in [4.78, 5) is 21.2. The zero-order valence-corrected chi connectivity index (χ0v) is 11.7. The van der Waals surface area contributed by atoms with E-state index in [4.69, 9.17) is 10.8 Å². The molecule has 0 saturated heterocycles. The van der Waals surface area contributed by atoms with E-state index in [1.165, 1.54) is 10.9 Å². The molecule has 1 amide bonds. The van der Waals surface area contributed by atoms with Gasteiger partial charge in [-0.15, -0.1) is 0 Å². The Morgan fingerprint density at radius 1 is 1.50 bits per heavy atom. The van der Waals surface area contributed by atoms with E-state index < -0.39 is 28.4 Å². The lowest BCUT2D eigenvalue weighted by Gasteiger charge is -2.17. The molecule has 0 radical (unpaired) electrons. The Morgan fingerprint density at radius 2 is 2.15 bits per heavy atom. The first-order valence-corrected chi connectivity index (χ1v) is 7.24. The molecule has 0 aromatic carbocycles. The number of hydrogen-bond donors (Lipinski definition) is 2. The number of amides is 1. The Morgan fingerprint density at radius 3 is 2.65 bits per heavy atom. The summed E-state index contributed by atoms with van der Waals surface area (Å²) >= 11 is 0. The number of carboxylic acids is 1. The summed E-state index contributed by atoms with van der Waals surface area (Å²) in [6.07, 6.45) is 2.17. The monoisotopic (exact) mass is 304 g/mol. The number of aromatic nitrogens is 2. The second-order valence-electron chi connectivity index (χ2n) is 3.98. The molecule has 0 saturated carbocycles. The summed E-state index contributed by atoms with van der Waals surface area (Å²) in [7, 11) is -3.86. The molecule has 0 bridgehead atoms. The zero-order chi connectivity index (χ0) is 15.3. The zero-order valence-electron chi connectivity index (χ0n) is 10.9. The number of rotatable bonds is 8. The fraction of sp³-hybridized carbons (Fsp3) is 0.500. The molecule has 0 atom stereocenters. The van der Waals surface area contributed by atoms with Gasteiger partial charge in [-0.05, 0) is 0 Å². The molecule has 0 unspecified atom stereocenters. The first-order chi connectivity index (χ1) is 9.27. The Hall–Kier alpha value is -1.94.